The monoisotopic (exact) mass is 260 g/mol. The molecule has 0 bridgehead atoms. The fourth-order valence-corrected chi connectivity index (χ4v) is 2.01. The Morgan fingerprint density at radius 2 is 2.16 bits per heavy atom. The van der Waals surface area contributed by atoms with Gasteiger partial charge in [-0.1, -0.05) is 6.07 Å². The zero-order valence-corrected chi connectivity index (χ0v) is 11.2. The number of methoxy groups -OCH3 is 1. The lowest BCUT2D eigenvalue weighted by atomic mass is 9.92. The summed E-state index contributed by atoms with van der Waals surface area (Å²) in [7, 11) is 1.32. The molecule has 19 heavy (non-hydrogen) atoms. The molecule has 0 spiro atoms. The minimum absolute atomic E-state index is 0.0552. The first-order chi connectivity index (χ1) is 8.91. The van der Waals surface area contributed by atoms with Gasteiger partial charge in [0.1, 0.15) is 11.4 Å². The van der Waals surface area contributed by atoms with E-state index in [0.29, 0.717) is 17.7 Å². The Morgan fingerprint density at radius 3 is 2.84 bits per heavy atom. The van der Waals surface area contributed by atoms with Gasteiger partial charge in [-0.2, -0.15) is 0 Å². The third-order valence-electron chi connectivity index (χ3n) is 2.89. The Hall–Kier alpha value is -2.10. The maximum absolute atomic E-state index is 12.1. The molecule has 1 aliphatic rings. The van der Waals surface area contributed by atoms with Crippen LogP contribution in [0.2, 0.25) is 0 Å². The SMILES string of the molecule is COC(=O)/C=C/c1ccc2c(c1)C(=O)CC(C)(C)O2. The van der Waals surface area contributed by atoms with E-state index in [1.807, 2.05) is 13.8 Å². The van der Waals surface area contributed by atoms with Gasteiger partial charge in [0.05, 0.1) is 19.1 Å². The van der Waals surface area contributed by atoms with Crippen LogP contribution in [0.1, 0.15) is 36.2 Å². The molecule has 1 heterocycles. The molecule has 0 unspecified atom stereocenters. The maximum Gasteiger partial charge on any atom is 0.330 e. The van der Waals surface area contributed by atoms with Gasteiger partial charge in [-0.15, -0.1) is 0 Å². The van der Waals surface area contributed by atoms with Crippen molar-refractivity contribution in [1.82, 2.24) is 0 Å². The summed E-state index contributed by atoms with van der Waals surface area (Å²) in [4.78, 5) is 23.1. The molecule has 100 valence electrons. The van der Waals surface area contributed by atoms with Crippen molar-refractivity contribution >= 4 is 17.8 Å². The number of carbonyl (C=O) groups is 2. The molecule has 0 radical (unpaired) electrons. The number of ketones is 1. The molecule has 0 saturated heterocycles. The number of carbonyl (C=O) groups excluding carboxylic acids is 2. The van der Waals surface area contributed by atoms with Gasteiger partial charge in [0.2, 0.25) is 0 Å². The molecule has 0 N–H and O–H groups in total. The van der Waals surface area contributed by atoms with Crippen molar-refractivity contribution in [3.8, 4) is 5.75 Å². The number of ether oxygens (including phenoxy) is 2. The molecule has 0 saturated carbocycles. The van der Waals surface area contributed by atoms with Gasteiger partial charge in [0.15, 0.2) is 5.78 Å². The highest BCUT2D eigenvalue weighted by Crippen LogP contribution is 2.33. The summed E-state index contributed by atoms with van der Waals surface area (Å²) >= 11 is 0. The Labute approximate surface area is 112 Å². The number of hydrogen-bond donors (Lipinski definition) is 0. The average molecular weight is 260 g/mol. The summed E-state index contributed by atoms with van der Waals surface area (Å²) in [6.07, 6.45) is 3.28. The molecule has 1 aromatic carbocycles. The van der Waals surface area contributed by atoms with E-state index in [1.165, 1.54) is 13.2 Å². The van der Waals surface area contributed by atoms with Gasteiger partial charge in [-0.3, -0.25) is 4.79 Å². The number of rotatable bonds is 2. The van der Waals surface area contributed by atoms with E-state index in [-0.39, 0.29) is 5.78 Å². The predicted octanol–water partition coefficient (Wildman–Crippen LogP) is 2.62. The first-order valence-corrected chi connectivity index (χ1v) is 6.03. The fourth-order valence-electron chi connectivity index (χ4n) is 2.01. The standard InChI is InChI=1S/C15H16O4/c1-15(2)9-12(16)11-8-10(4-6-13(11)19-15)5-7-14(17)18-3/h4-8H,9H2,1-3H3/b7-5+. The second-order valence-corrected chi connectivity index (χ2v) is 5.07. The minimum Gasteiger partial charge on any atom is -0.487 e. The molecule has 2 rings (SSSR count). The van der Waals surface area contributed by atoms with Crippen LogP contribution in [-0.2, 0) is 9.53 Å². The lowest BCUT2D eigenvalue weighted by Crippen LogP contribution is -2.35. The summed E-state index contributed by atoms with van der Waals surface area (Å²) in [5.74, 6) is 0.220. The zero-order chi connectivity index (χ0) is 14.0. The lowest BCUT2D eigenvalue weighted by molar-refractivity contribution is -0.134. The highest BCUT2D eigenvalue weighted by atomic mass is 16.5. The molecule has 0 fully saturated rings. The van der Waals surface area contributed by atoms with Crippen LogP contribution in [0.5, 0.6) is 5.75 Å². The molecule has 1 aliphatic heterocycles. The molecule has 1 aromatic rings. The molecular weight excluding hydrogens is 244 g/mol. The molecule has 0 aromatic heterocycles. The second-order valence-electron chi connectivity index (χ2n) is 5.07. The van der Waals surface area contributed by atoms with Gasteiger partial charge in [-0.25, -0.2) is 4.79 Å². The van der Waals surface area contributed by atoms with Crippen LogP contribution in [0.25, 0.3) is 6.08 Å². The number of Topliss-reactive ketones (excluding diaryl/α,β-unsaturated/α-hetero) is 1. The third kappa shape index (κ3) is 3.02. The van der Waals surface area contributed by atoms with Crippen molar-refractivity contribution in [2.45, 2.75) is 25.9 Å². The Bertz CT molecular complexity index is 555. The Balaban J connectivity index is 2.30. The quantitative estimate of drug-likeness (QED) is 0.606. The zero-order valence-electron chi connectivity index (χ0n) is 11.2. The van der Waals surface area contributed by atoms with Crippen molar-refractivity contribution in [2.24, 2.45) is 0 Å². The van der Waals surface area contributed by atoms with Crippen LogP contribution >= 0.6 is 0 Å². The van der Waals surface area contributed by atoms with Gasteiger partial charge in [0, 0.05) is 6.08 Å². The van der Waals surface area contributed by atoms with Gasteiger partial charge in [0.25, 0.3) is 0 Å². The van der Waals surface area contributed by atoms with E-state index >= 15 is 0 Å². The van der Waals surface area contributed by atoms with Crippen molar-refractivity contribution in [1.29, 1.82) is 0 Å². The molecule has 0 aliphatic carbocycles. The van der Waals surface area contributed by atoms with Crippen LogP contribution in [0.3, 0.4) is 0 Å². The Morgan fingerprint density at radius 1 is 1.42 bits per heavy atom. The normalized spacial score (nSPS) is 16.9. The van der Waals surface area contributed by atoms with Crippen molar-refractivity contribution in [3.05, 3.63) is 35.4 Å². The summed E-state index contributed by atoms with van der Waals surface area (Å²) in [5.41, 5.74) is 0.861. The lowest BCUT2D eigenvalue weighted by Gasteiger charge is -2.31. The topological polar surface area (TPSA) is 52.6 Å². The predicted molar refractivity (Wildman–Crippen MR) is 71.1 cm³/mol. The van der Waals surface area contributed by atoms with E-state index in [9.17, 15) is 9.59 Å². The van der Waals surface area contributed by atoms with Crippen LogP contribution in [0.15, 0.2) is 24.3 Å². The van der Waals surface area contributed by atoms with Crippen molar-refractivity contribution in [3.63, 3.8) is 0 Å². The van der Waals surface area contributed by atoms with E-state index in [2.05, 4.69) is 4.74 Å². The number of benzene rings is 1. The molecule has 4 nitrogen and oxygen atoms in total. The number of fused-ring (bicyclic) bond motifs is 1. The van der Waals surface area contributed by atoms with Crippen LogP contribution in [0, 0.1) is 0 Å². The summed E-state index contributed by atoms with van der Waals surface area (Å²) in [6, 6.07) is 5.28. The maximum atomic E-state index is 12.1. The molecule has 0 atom stereocenters. The summed E-state index contributed by atoms with van der Waals surface area (Å²) in [6.45, 7) is 3.78. The smallest absolute Gasteiger partial charge is 0.330 e. The van der Waals surface area contributed by atoms with Gasteiger partial charge in [-0.05, 0) is 37.6 Å². The van der Waals surface area contributed by atoms with Gasteiger partial charge >= 0.3 is 5.97 Å². The molecule has 0 amide bonds. The van der Waals surface area contributed by atoms with Crippen LogP contribution in [0.4, 0.5) is 0 Å². The van der Waals surface area contributed by atoms with Gasteiger partial charge < -0.3 is 9.47 Å². The average Bonchev–Trinajstić information content (AvgIpc) is 2.35. The van der Waals surface area contributed by atoms with E-state index < -0.39 is 11.6 Å². The highest BCUT2D eigenvalue weighted by Gasteiger charge is 2.32. The number of esters is 1. The summed E-state index contributed by atoms with van der Waals surface area (Å²) in [5, 5.41) is 0. The van der Waals surface area contributed by atoms with Crippen LogP contribution in [-0.4, -0.2) is 24.5 Å². The fraction of sp³-hybridized carbons (Fsp3) is 0.333. The largest absolute Gasteiger partial charge is 0.487 e. The van der Waals surface area contributed by atoms with Crippen molar-refractivity contribution in [2.75, 3.05) is 7.11 Å². The third-order valence-corrected chi connectivity index (χ3v) is 2.89. The van der Waals surface area contributed by atoms with E-state index in [0.717, 1.165) is 5.56 Å². The van der Waals surface area contributed by atoms with E-state index in [1.54, 1.807) is 24.3 Å². The summed E-state index contributed by atoms with van der Waals surface area (Å²) < 4.78 is 10.3. The van der Waals surface area contributed by atoms with Crippen LogP contribution < -0.4 is 4.74 Å². The first-order valence-electron chi connectivity index (χ1n) is 6.03. The molecular formula is C15H16O4. The number of hydrogen-bond acceptors (Lipinski definition) is 4. The second kappa shape index (κ2) is 4.88. The van der Waals surface area contributed by atoms with Crippen molar-refractivity contribution < 1.29 is 19.1 Å². The first kappa shape index (κ1) is 13.3. The Kier molecular flexibility index (Phi) is 3.42. The minimum atomic E-state index is -0.465. The van der Waals surface area contributed by atoms with E-state index in [4.69, 9.17) is 4.74 Å². The highest BCUT2D eigenvalue weighted by molar-refractivity contribution is 6.01. The molecule has 4 heteroatoms.